The molecule has 0 spiro atoms. The molecule has 0 aliphatic carbocycles. The van der Waals surface area contributed by atoms with Crippen molar-refractivity contribution >= 4 is 58.3 Å². The number of hydrogen-bond acceptors (Lipinski definition) is 4. The summed E-state index contributed by atoms with van der Waals surface area (Å²) in [5, 5.41) is 9.86. The summed E-state index contributed by atoms with van der Waals surface area (Å²) in [6.45, 7) is 2.92. The molecule has 160 valence electrons. The quantitative estimate of drug-likeness (QED) is 0.592. The number of carbonyl (C=O) groups is 2. The van der Waals surface area contributed by atoms with Gasteiger partial charge in [0.05, 0.1) is 15.1 Å². The number of hydrogen-bond donors (Lipinski definition) is 1. The van der Waals surface area contributed by atoms with Crippen LogP contribution in [0.3, 0.4) is 0 Å². The third-order valence-corrected chi connectivity index (χ3v) is 6.05. The Bertz CT molecular complexity index is 945. The predicted molar refractivity (Wildman–Crippen MR) is 117 cm³/mol. The fourth-order valence-corrected chi connectivity index (χ4v) is 4.00. The average molecular weight is 492 g/mol. The first-order valence-electron chi connectivity index (χ1n) is 9.04. The first-order chi connectivity index (χ1) is 14.3. The average Bonchev–Trinajstić information content (AvgIpc) is 2.71. The Morgan fingerprint density at radius 1 is 0.967 bits per heavy atom. The van der Waals surface area contributed by atoms with Gasteiger partial charge in [-0.25, -0.2) is 4.79 Å². The van der Waals surface area contributed by atoms with E-state index in [2.05, 4.69) is 4.90 Å². The van der Waals surface area contributed by atoms with E-state index in [1.54, 1.807) is 4.90 Å². The van der Waals surface area contributed by atoms with Crippen molar-refractivity contribution in [1.29, 1.82) is 0 Å². The molecule has 1 heterocycles. The Kier molecular flexibility index (Phi) is 7.71. The van der Waals surface area contributed by atoms with Crippen molar-refractivity contribution < 1.29 is 19.4 Å². The molecule has 10 heteroatoms. The highest BCUT2D eigenvalue weighted by atomic mass is 35.5. The van der Waals surface area contributed by atoms with Gasteiger partial charge in [-0.2, -0.15) is 0 Å². The molecule has 0 saturated carbocycles. The topological polar surface area (TPSA) is 70.1 Å². The lowest BCUT2D eigenvalue weighted by molar-refractivity contribution is -0.135. The smallest absolute Gasteiger partial charge is 0.341 e. The number of piperazine rings is 1. The Labute approximate surface area is 193 Å². The van der Waals surface area contributed by atoms with Crippen molar-refractivity contribution in [3.05, 3.63) is 61.5 Å². The maximum absolute atomic E-state index is 12.5. The van der Waals surface area contributed by atoms with Crippen LogP contribution in [0.2, 0.25) is 20.1 Å². The summed E-state index contributed by atoms with van der Waals surface area (Å²) in [6.07, 6.45) is 0. The van der Waals surface area contributed by atoms with E-state index in [0.717, 1.165) is 12.1 Å². The molecule has 6 nitrogen and oxygen atoms in total. The highest BCUT2D eigenvalue weighted by Gasteiger charge is 2.25. The zero-order valence-corrected chi connectivity index (χ0v) is 18.7. The summed E-state index contributed by atoms with van der Waals surface area (Å²) >= 11 is 23.8. The summed E-state index contributed by atoms with van der Waals surface area (Å²) in [6, 6.07) is 8.96. The fourth-order valence-electron chi connectivity index (χ4n) is 3.14. The summed E-state index contributed by atoms with van der Waals surface area (Å²) in [5.41, 5.74) is 0.785. The summed E-state index contributed by atoms with van der Waals surface area (Å²) in [5.74, 6) is -1.78. The monoisotopic (exact) mass is 490 g/mol. The number of benzene rings is 2. The number of rotatable bonds is 6. The van der Waals surface area contributed by atoms with Gasteiger partial charge in [-0.05, 0) is 23.8 Å². The molecule has 1 N–H and O–H groups in total. The van der Waals surface area contributed by atoms with Gasteiger partial charge < -0.3 is 14.7 Å². The molecule has 0 radical (unpaired) electrons. The zero-order chi connectivity index (χ0) is 21.8. The number of carbonyl (C=O) groups excluding carboxylic acids is 1. The molecule has 1 aliphatic heterocycles. The SMILES string of the molecule is O=C(O)c1c(Cl)c(Cl)cc(Cl)c1OCC(=O)N1CCN(Cc2ccc(Cl)cc2)CC1. The first kappa shape index (κ1) is 23.0. The van der Waals surface area contributed by atoms with Crippen LogP contribution in [0, 0.1) is 0 Å². The van der Waals surface area contributed by atoms with Crippen molar-refractivity contribution in [2.75, 3.05) is 32.8 Å². The van der Waals surface area contributed by atoms with Crippen LogP contribution in [0.25, 0.3) is 0 Å². The molecule has 1 fully saturated rings. The molecule has 2 aromatic rings. The number of ether oxygens (including phenoxy) is 1. The van der Waals surface area contributed by atoms with Crippen LogP contribution in [-0.2, 0) is 11.3 Å². The Morgan fingerprint density at radius 2 is 1.60 bits per heavy atom. The van der Waals surface area contributed by atoms with Crippen LogP contribution in [0.1, 0.15) is 15.9 Å². The van der Waals surface area contributed by atoms with Crippen LogP contribution < -0.4 is 4.74 Å². The van der Waals surface area contributed by atoms with Gasteiger partial charge >= 0.3 is 5.97 Å². The number of aromatic carboxylic acids is 1. The molecule has 3 rings (SSSR count). The van der Waals surface area contributed by atoms with E-state index < -0.39 is 5.97 Å². The van der Waals surface area contributed by atoms with Crippen LogP contribution in [0.5, 0.6) is 5.75 Å². The highest BCUT2D eigenvalue weighted by molar-refractivity contribution is 6.45. The third-order valence-electron chi connectivity index (χ3n) is 4.72. The number of nitrogens with zero attached hydrogens (tertiary/aromatic N) is 2. The van der Waals surface area contributed by atoms with Gasteiger partial charge in [0.15, 0.2) is 12.4 Å². The van der Waals surface area contributed by atoms with Gasteiger partial charge in [0.25, 0.3) is 5.91 Å². The lowest BCUT2D eigenvalue weighted by Gasteiger charge is -2.34. The van der Waals surface area contributed by atoms with E-state index in [0.29, 0.717) is 31.2 Å². The van der Waals surface area contributed by atoms with Crippen LogP contribution in [-0.4, -0.2) is 59.6 Å². The summed E-state index contributed by atoms with van der Waals surface area (Å²) < 4.78 is 5.44. The second kappa shape index (κ2) is 10.1. The summed E-state index contributed by atoms with van der Waals surface area (Å²) in [4.78, 5) is 28.0. The van der Waals surface area contributed by atoms with Gasteiger partial charge in [0, 0.05) is 37.7 Å². The standard InChI is InChI=1S/C20H18Cl4N2O4/c21-13-3-1-12(2-4-13)10-25-5-7-26(8-6-25)16(27)11-30-19-15(23)9-14(22)18(24)17(19)20(28)29/h1-4,9H,5-8,10-11H2,(H,28,29). The molecule has 30 heavy (non-hydrogen) atoms. The second-order valence-electron chi connectivity index (χ2n) is 6.74. The molecule has 1 amide bonds. The van der Waals surface area contributed by atoms with E-state index in [4.69, 9.17) is 51.1 Å². The number of halogens is 4. The van der Waals surface area contributed by atoms with E-state index in [1.807, 2.05) is 24.3 Å². The van der Waals surface area contributed by atoms with Crippen molar-refractivity contribution in [3.8, 4) is 5.75 Å². The van der Waals surface area contributed by atoms with Gasteiger partial charge in [-0.15, -0.1) is 0 Å². The number of carboxylic acids is 1. The Hall–Kier alpha value is -1.70. The van der Waals surface area contributed by atoms with E-state index in [1.165, 1.54) is 6.07 Å². The van der Waals surface area contributed by atoms with Gasteiger partial charge in [0.1, 0.15) is 5.56 Å². The van der Waals surface area contributed by atoms with E-state index >= 15 is 0 Å². The summed E-state index contributed by atoms with van der Waals surface area (Å²) in [7, 11) is 0. The lowest BCUT2D eigenvalue weighted by Crippen LogP contribution is -2.49. The lowest BCUT2D eigenvalue weighted by atomic mass is 10.2. The molecule has 0 bridgehead atoms. The van der Waals surface area contributed by atoms with Crippen molar-refractivity contribution in [2.24, 2.45) is 0 Å². The molecule has 1 saturated heterocycles. The Balaban J connectivity index is 1.56. The fraction of sp³-hybridized carbons (Fsp3) is 0.300. The van der Waals surface area contributed by atoms with Crippen molar-refractivity contribution in [2.45, 2.75) is 6.54 Å². The van der Waals surface area contributed by atoms with Gasteiger partial charge in [0.2, 0.25) is 0 Å². The highest BCUT2D eigenvalue weighted by Crippen LogP contribution is 2.39. The Morgan fingerprint density at radius 3 is 2.20 bits per heavy atom. The minimum atomic E-state index is -1.34. The van der Waals surface area contributed by atoms with Crippen molar-refractivity contribution in [1.82, 2.24) is 9.80 Å². The van der Waals surface area contributed by atoms with Crippen molar-refractivity contribution in [3.63, 3.8) is 0 Å². The van der Waals surface area contributed by atoms with Gasteiger partial charge in [-0.3, -0.25) is 9.69 Å². The molecular formula is C20H18Cl4N2O4. The second-order valence-corrected chi connectivity index (χ2v) is 8.36. The minimum Gasteiger partial charge on any atom is -0.481 e. The predicted octanol–water partition coefficient (Wildman–Crippen LogP) is 4.72. The van der Waals surface area contributed by atoms with E-state index in [-0.39, 0.29) is 38.9 Å². The largest absolute Gasteiger partial charge is 0.481 e. The first-order valence-corrected chi connectivity index (χ1v) is 10.6. The van der Waals surface area contributed by atoms with E-state index in [9.17, 15) is 14.7 Å². The molecule has 0 aromatic heterocycles. The number of carboxylic acid groups (broad SMARTS) is 1. The van der Waals surface area contributed by atoms with Crippen LogP contribution in [0.15, 0.2) is 30.3 Å². The van der Waals surface area contributed by atoms with Gasteiger partial charge in [-0.1, -0.05) is 58.5 Å². The minimum absolute atomic E-state index is 0.00504. The molecule has 2 aromatic carbocycles. The molecule has 0 unspecified atom stereocenters. The molecule has 0 atom stereocenters. The molecular weight excluding hydrogens is 474 g/mol. The van der Waals surface area contributed by atoms with Crippen LogP contribution >= 0.6 is 46.4 Å². The van der Waals surface area contributed by atoms with Crippen LogP contribution in [0.4, 0.5) is 0 Å². The molecule has 1 aliphatic rings. The normalized spacial score (nSPS) is 14.6. The maximum Gasteiger partial charge on any atom is 0.341 e. The number of amides is 1. The zero-order valence-electron chi connectivity index (χ0n) is 15.7. The maximum atomic E-state index is 12.5. The third kappa shape index (κ3) is 5.50.